The quantitative estimate of drug-likeness (QED) is 0.692. The minimum absolute atomic E-state index is 0.330. The fourth-order valence-corrected chi connectivity index (χ4v) is 1.95. The molecule has 3 N–H and O–H groups in total. The van der Waals surface area contributed by atoms with Crippen LogP contribution in [0.3, 0.4) is 0 Å². The van der Waals surface area contributed by atoms with Crippen LogP contribution in [-0.2, 0) is 9.53 Å². The smallest absolute Gasteiger partial charge is 0.315 e. The molecule has 116 valence electrons. The number of amides is 2. The number of hydrogen-bond donors (Lipinski definition) is 3. The molecule has 6 heteroatoms. The van der Waals surface area contributed by atoms with Crippen LogP contribution in [0.2, 0.25) is 0 Å². The van der Waals surface area contributed by atoms with Gasteiger partial charge >= 0.3 is 12.0 Å². The number of rotatable bonds is 6. The average molecular weight is 286 g/mol. The van der Waals surface area contributed by atoms with Crippen LogP contribution in [0.15, 0.2) is 0 Å². The SMILES string of the molecule is CC(C)(NC(=O)NCCC1CCOC1)C(C)(C)C(=O)O. The monoisotopic (exact) mass is 286 g/mol. The molecule has 0 saturated carbocycles. The van der Waals surface area contributed by atoms with Gasteiger partial charge in [0.2, 0.25) is 0 Å². The molecule has 0 aromatic carbocycles. The van der Waals surface area contributed by atoms with Gasteiger partial charge in [0.05, 0.1) is 11.0 Å². The van der Waals surface area contributed by atoms with E-state index in [9.17, 15) is 14.7 Å². The summed E-state index contributed by atoms with van der Waals surface area (Å²) in [6, 6.07) is -0.330. The van der Waals surface area contributed by atoms with Crippen molar-refractivity contribution < 1.29 is 19.4 Å². The lowest BCUT2D eigenvalue weighted by Gasteiger charge is -2.38. The molecule has 1 saturated heterocycles. The predicted octanol–water partition coefficient (Wildman–Crippen LogP) is 1.60. The van der Waals surface area contributed by atoms with E-state index in [0.29, 0.717) is 12.5 Å². The normalized spacial score (nSPS) is 19.7. The van der Waals surface area contributed by atoms with Crippen LogP contribution in [0.4, 0.5) is 4.79 Å². The third-order valence-electron chi connectivity index (χ3n) is 4.39. The van der Waals surface area contributed by atoms with E-state index >= 15 is 0 Å². The molecule has 1 heterocycles. The fraction of sp³-hybridized carbons (Fsp3) is 0.857. The Morgan fingerprint density at radius 2 is 1.95 bits per heavy atom. The summed E-state index contributed by atoms with van der Waals surface area (Å²) in [5, 5.41) is 14.7. The summed E-state index contributed by atoms with van der Waals surface area (Å²) >= 11 is 0. The number of carboxylic acids is 1. The third kappa shape index (κ3) is 4.10. The van der Waals surface area contributed by atoms with Crippen LogP contribution in [0, 0.1) is 11.3 Å². The summed E-state index contributed by atoms with van der Waals surface area (Å²) < 4.78 is 5.27. The predicted molar refractivity (Wildman–Crippen MR) is 75.6 cm³/mol. The van der Waals surface area contributed by atoms with Gasteiger partial charge in [0.25, 0.3) is 0 Å². The first-order chi connectivity index (χ1) is 9.17. The lowest BCUT2D eigenvalue weighted by molar-refractivity contribution is -0.150. The largest absolute Gasteiger partial charge is 0.481 e. The Kier molecular flexibility index (Phi) is 5.39. The van der Waals surface area contributed by atoms with Gasteiger partial charge in [0, 0.05) is 19.8 Å². The molecule has 1 aliphatic heterocycles. The Balaban J connectivity index is 2.38. The van der Waals surface area contributed by atoms with Crippen LogP contribution in [0.25, 0.3) is 0 Å². The second-order valence-electron chi connectivity index (χ2n) is 6.45. The molecule has 20 heavy (non-hydrogen) atoms. The van der Waals surface area contributed by atoms with Gasteiger partial charge in [-0.1, -0.05) is 0 Å². The topological polar surface area (TPSA) is 87.7 Å². The van der Waals surface area contributed by atoms with Crippen molar-refractivity contribution in [3.63, 3.8) is 0 Å². The van der Waals surface area contributed by atoms with Crippen molar-refractivity contribution in [2.24, 2.45) is 11.3 Å². The van der Waals surface area contributed by atoms with Gasteiger partial charge in [-0.2, -0.15) is 0 Å². The summed E-state index contributed by atoms with van der Waals surface area (Å²) in [6.07, 6.45) is 1.93. The molecule has 2 amide bonds. The Morgan fingerprint density at radius 3 is 2.45 bits per heavy atom. The number of ether oxygens (including phenoxy) is 1. The molecular weight excluding hydrogens is 260 g/mol. The zero-order valence-electron chi connectivity index (χ0n) is 12.8. The molecule has 1 unspecified atom stereocenters. The number of carbonyl (C=O) groups excluding carboxylic acids is 1. The van der Waals surface area contributed by atoms with Crippen LogP contribution >= 0.6 is 0 Å². The molecule has 1 aliphatic rings. The maximum absolute atomic E-state index is 11.9. The second kappa shape index (κ2) is 6.43. The van der Waals surface area contributed by atoms with Crippen molar-refractivity contribution in [3.8, 4) is 0 Å². The van der Waals surface area contributed by atoms with Crippen molar-refractivity contribution >= 4 is 12.0 Å². The minimum atomic E-state index is -1.05. The fourth-order valence-electron chi connectivity index (χ4n) is 1.95. The highest BCUT2D eigenvalue weighted by molar-refractivity contribution is 5.79. The van der Waals surface area contributed by atoms with Gasteiger partial charge < -0.3 is 20.5 Å². The van der Waals surface area contributed by atoms with E-state index in [1.54, 1.807) is 27.7 Å². The minimum Gasteiger partial charge on any atom is -0.481 e. The molecule has 0 spiro atoms. The first-order valence-corrected chi connectivity index (χ1v) is 7.04. The van der Waals surface area contributed by atoms with Crippen LogP contribution < -0.4 is 10.6 Å². The Hall–Kier alpha value is -1.30. The molecule has 0 radical (unpaired) electrons. The number of nitrogens with one attached hydrogen (secondary N) is 2. The number of urea groups is 1. The van der Waals surface area contributed by atoms with Crippen molar-refractivity contribution in [2.75, 3.05) is 19.8 Å². The highest BCUT2D eigenvalue weighted by Crippen LogP contribution is 2.30. The second-order valence-corrected chi connectivity index (χ2v) is 6.45. The van der Waals surface area contributed by atoms with E-state index in [0.717, 1.165) is 26.1 Å². The summed E-state index contributed by atoms with van der Waals surface area (Å²) in [6.45, 7) is 8.77. The van der Waals surface area contributed by atoms with E-state index in [2.05, 4.69) is 10.6 Å². The zero-order valence-corrected chi connectivity index (χ0v) is 12.8. The van der Waals surface area contributed by atoms with E-state index in [1.165, 1.54) is 0 Å². The number of carboxylic acid groups (broad SMARTS) is 1. The average Bonchev–Trinajstić information content (AvgIpc) is 2.80. The van der Waals surface area contributed by atoms with Crippen molar-refractivity contribution in [1.82, 2.24) is 10.6 Å². The lowest BCUT2D eigenvalue weighted by Crippen LogP contribution is -2.59. The number of hydrogen-bond acceptors (Lipinski definition) is 3. The maximum Gasteiger partial charge on any atom is 0.315 e. The van der Waals surface area contributed by atoms with Crippen LogP contribution in [0.5, 0.6) is 0 Å². The number of aliphatic carboxylic acids is 1. The summed E-state index contributed by atoms with van der Waals surface area (Å²) in [4.78, 5) is 23.1. The highest BCUT2D eigenvalue weighted by atomic mass is 16.5. The van der Waals surface area contributed by atoms with Crippen LogP contribution in [0.1, 0.15) is 40.5 Å². The Morgan fingerprint density at radius 1 is 1.30 bits per heavy atom. The first kappa shape index (κ1) is 16.8. The van der Waals surface area contributed by atoms with Crippen LogP contribution in [-0.4, -0.2) is 42.4 Å². The van der Waals surface area contributed by atoms with Crippen molar-refractivity contribution in [3.05, 3.63) is 0 Å². The van der Waals surface area contributed by atoms with Gasteiger partial charge in [-0.05, 0) is 46.5 Å². The maximum atomic E-state index is 11.9. The van der Waals surface area contributed by atoms with Crippen molar-refractivity contribution in [1.29, 1.82) is 0 Å². The highest BCUT2D eigenvalue weighted by Gasteiger charge is 2.44. The van der Waals surface area contributed by atoms with Gasteiger partial charge in [0.15, 0.2) is 0 Å². The Labute approximate surface area is 120 Å². The molecule has 0 aromatic heterocycles. The third-order valence-corrected chi connectivity index (χ3v) is 4.39. The molecule has 1 rings (SSSR count). The van der Waals surface area contributed by atoms with E-state index < -0.39 is 16.9 Å². The molecule has 1 atom stereocenters. The zero-order chi connectivity index (χ0) is 15.4. The Bertz CT molecular complexity index is 360. The molecule has 6 nitrogen and oxygen atoms in total. The van der Waals surface area contributed by atoms with Gasteiger partial charge in [-0.3, -0.25) is 4.79 Å². The summed E-state index contributed by atoms with van der Waals surface area (Å²) in [5.41, 5.74) is -1.90. The van der Waals surface area contributed by atoms with Gasteiger partial charge in [-0.25, -0.2) is 4.79 Å². The van der Waals surface area contributed by atoms with E-state index in [4.69, 9.17) is 4.74 Å². The van der Waals surface area contributed by atoms with Crippen molar-refractivity contribution in [2.45, 2.75) is 46.1 Å². The van der Waals surface area contributed by atoms with Gasteiger partial charge in [-0.15, -0.1) is 0 Å². The molecule has 0 aromatic rings. The molecule has 0 bridgehead atoms. The molecule has 0 aliphatic carbocycles. The molecule has 1 fully saturated rings. The molecular formula is C14H26N2O4. The first-order valence-electron chi connectivity index (χ1n) is 7.04. The number of carbonyl (C=O) groups is 2. The summed E-state index contributed by atoms with van der Waals surface area (Å²) in [5.74, 6) is -0.426. The lowest BCUT2D eigenvalue weighted by atomic mass is 9.74. The van der Waals surface area contributed by atoms with E-state index in [-0.39, 0.29) is 6.03 Å². The summed E-state index contributed by atoms with van der Waals surface area (Å²) in [7, 11) is 0. The van der Waals surface area contributed by atoms with Gasteiger partial charge in [0.1, 0.15) is 0 Å². The van der Waals surface area contributed by atoms with E-state index in [1.807, 2.05) is 0 Å². The standard InChI is InChI=1S/C14H26N2O4/c1-13(2,11(17)18)14(3,4)16-12(19)15-7-5-10-6-8-20-9-10/h10H,5-9H2,1-4H3,(H,17,18)(H2,15,16,19).